The number of rotatable bonds is 6. The van der Waals surface area contributed by atoms with E-state index in [1.807, 2.05) is 54.7 Å². The van der Waals surface area contributed by atoms with Gasteiger partial charge in [0.15, 0.2) is 16.4 Å². The van der Waals surface area contributed by atoms with Crippen LogP contribution in [-0.4, -0.2) is 38.7 Å². The van der Waals surface area contributed by atoms with Crippen molar-refractivity contribution in [2.45, 2.75) is 22.8 Å². The lowest BCUT2D eigenvalue weighted by atomic mass is 10.2. The minimum absolute atomic E-state index is 0.144. The van der Waals surface area contributed by atoms with Crippen molar-refractivity contribution in [2.24, 2.45) is 0 Å². The molecule has 150 valence electrons. The number of sulfone groups is 1. The predicted octanol–water partition coefficient (Wildman–Crippen LogP) is 4.28. The van der Waals surface area contributed by atoms with Crippen LogP contribution in [0, 0.1) is 6.92 Å². The van der Waals surface area contributed by atoms with Gasteiger partial charge in [-0.25, -0.2) is 8.42 Å². The standard InChI is InChI=1S/C20H23NO4S3/c1-14-4-9-17(28(2,23)24)12-18(14)21-19(22)13-25-16-7-5-15(6-8-16)20-26-10-3-11-27-20/h4-9,12,20H,3,10-11,13H2,1-2H3,(H,21,22). The summed E-state index contributed by atoms with van der Waals surface area (Å²) in [4.78, 5) is 12.4. The highest BCUT2D eigenvalue weighted by molar-refractivity contribution is 8.16. The van der Waals surface area contributed by atoms with E-state index in [4.69, 9.17) is 4.74 Å². The molecule has 5 nitrogen and oxygen atoms in total. The molecule has 1 heterocycles. The van der Waals surface area contributed by atoms with Crippen LogP contribution in [0.1, 0.15) is 22.1 Å². The maximum absolute atomic E-state index is 12.2. The van der Waals surface area contributed by atoms with Gasteiger partial charge in [0.25, 0.3) is 5.91 Å². The zero-order valence-corrected chi connectivity index (χ0v) is 18.3. The summed E-state index contributed by atoms with van der Waals surface area (Å²) in [5, 5.41) is 2.72. The monoisotopic (exact) mass is 437 g/mol. The lowest BCUT2D eigenvalue weighted by Gasteiger charge is -2.21. The topological polar surface area (TPSA) is 72.5 Å². The number of amides is 1. The Labute approximate surface area is 174 Å². The molecule has 1 amide bonds. The molecule has 0 unspecified atom stereocenters. The van der Waals surface area contributed by atoms with E-state index < -0.39 is 9.84 Å². The lowest BCUT2D eigenvalue weighted by Crippen LogP contribution is -2.21. The van der Waals surface area contributed by atoms with Crippen molar-refractivity contribution in [1.29, 1.82) is 0 Å². The molecule has 0 atom stereocenters. The fourth-order valence-corrected chi connectivity index (χ4v) is 6.24. The summed E-state index contributed by atoms with van der Waals surface area (Å²) in [7, 11) is -3.33. The molecule has 28 heavy (non-hydrogen) atoms. The molecule has 1 saturated heterocycles. The quantitative estimate of drug-likeness (QED) is 0.727. The molecule has 1 N–H and O–H groups in total. The first-order valence-corrected chi connectivity index (χ1v) is 12.9. The van der Waals surface area contributed by atoms with Crippen LogP contribution < -0.4 is 10.1 Å². The van der Waals surface area contributed by atoms with Gasteiger partial charge < -0.3 is 10.1 Å². The third-order valence-electron chi connectivity index (χ3n) is 4.26. The molecule has 0 aliphatic carbocycles. The Bertz CT molecular complexity index is 936. The fourth-order valence-electron chi connectivity index (χ4n) is 2.70. The van der Waals surface area contributed by atoms with Crippen molar-refractivity contribution in [3.05, 3.63) is 53.6 Å². The van der Waals surface area contributed by atoms with Gasteiger partial charge in [-0.05, 0) is 60.2 Å². The molecular formula is C20H23NO4S3. The number of thioether (sulfide) groups is 2. The van der Waals surface area contributed by atoms with Crippen molar-refractivity contribution in [3.63, 3.8) is 0 Å². The van der Waals surface area contributed by atoms with Gasteiger partial charge >= 0.3 is 0 Å². The van der Waals surface area contributed by atoms with Gasteiger partial charge in [0, 0.05) is 11.9 Å². The molecule has 0 bridgehead atoms. The summed E-state index contributed by atoms with van der Waals surface area (Å²) in [6.07, 6.45) is 2.40. The average molecular weight is 438 g/mol. The Morgan fingerprint density at radius 1 is 1.14 bits per heavy atom. The van der Waals surface area contributed by atoms with Crippen LogP contribution in [0.3, 0.4) is 0 Å². The third kappa shape index (κ3) is 5.68. The van der Waals surface area contributed by atoms with Crippen molar-refractivity contribution in [3.8, 4) is 5.75 Å². The van der Waals surface area contributed by atoms with Gasteiger partial charge in [-0.15, -0.1) is 23.5 Å². The first-order chi connectivity index (χ1) is 13.3. The normalized spacial score (nSPS) is 15.2. The molecule has 1 aliphatic rings. The van der Waals surface area contributed by atoms with E-state index in [9.17, 15) is 13.2 Å². The Balaban J connectivity index is 1.57. The van der Waals surface area contributed by atoms with E-state index in [0.29, 0.717) is 16.0 Å². The SMILES string of the molecule is Cc1ccc(S(C)(=O)=O)cc1NC(=O)COc1ccc(C2SCCCS2)cc1. The van der Waals surface area contributed by atoms with Gasteiger partial charge in [-0.1, -0.05) is 18.2 Å². The number of ether oxygens (including phenoxy) is 1. The van der Waals surface area contributed by atoms with Crippen LogP contribution in [0.5, 0.6) is 5.75 Å². The van der Waals surface area contributed by atoms with Crippen LogP contribution in [0.15, 0.2) is 47.4 Å². The largest absolute Gasteiger partial charge is 0.484 e. The highest BCUT2D eigenvalue weighted by Crippen LogP contribution is 2.43. The molecule has 2 aromatic rings. The van der Waals surface area contributed by atoms with E-state index in [1.165, 1.54) is 35.6 Å². The van der Waals surface area contributed by atoms with E-state index in [0.717, 1.165) is 11.8 Å². The highest BCUT2D eigenvalue weighted by atomic mass is 32.2. The molecule has 2 aromatic carbocycles. The smallest absolute Gasteiger partial charge is 0.262 e. The minimum atomic E-state index is -3.33. The lowest BCUT2D eigenvalue weighted by molar-refractivity contribution is -0.118. The van der Waals surface area contributed by atoms with Crippen molar-refractivity contribution < 1.29 is 17.9 Å². The number of nitrogens with one attached hydrogen (secondary N) is 1. The molecule has 0 radical (unpaired) electrons. The molecule has 0 aromatic heterocycles. The van der Waals surface area contributed by atoms with E-state index in [1.54, 1.807) is 6.07 Å². The first kappa shape index (κ1) is 21.1. The number of carbonyl (C=O) groups excluding carboxylic acids is 1. The zero-order valence-electron chi connectivity index (χ0n) is 15.8. The average Bonchev–Trinajstić information content (AvgIpc) is 2.68. The maximum atomic E-state index is 12.2. The van der Waals surface area contributed by atoms with Crippen LogP contribution >= 0.6 is 23.5 Å². The summed E-state index contributed by atoms with van der Waals surface area (Å²) < 4.78 is 29.4. The van der Waals surface area contributed by atoms with Crippen molar-refractivity contribution in [1.82, 2.24) is 0 Å². The molecule has 3 rings (SSSR count). The fraction of sp³-hybridized carbons (Fsp3) is 0.350. The van der Waals surface area contributed by atoms with Gasteiger partial charge in [0.1, 0.15) is 5.75 Å². The third-order valence-corrected chi connectivity index (χ3v) is 8.39. The second-order valence-corrected chi connectivity index (χ2v) is 11.3. The van der Waals surface area contributed by atoms with Crippen molar-refractivity contribution >= 4 is 45.0 Å². The molecule has 1 fully saturated rings. The number of aryl methyl sites for hydroxylation is 1. The second-order valence-electron chi connectivity index (χ2n) is 6.58. The molecule has 0 spiro atoms. The van der Waals surface area contributed by atoms with E-state index in [-0.39, 0.29) is 17.4 Å². The summed E-state index contributed by atoms with van der Waals surface area (Å²) in [6, 6.07) is 12.5. The Morgan fingerprint density at radius 3 is 2.46 bits per heavy atom. The first-order valence-electron chi connectivity index (χ1n) is 8.89. The second kappa shape index (κ2) is 9.24. The van der Waals surface area contributed by atoms with Crippen LogP contribution in [0.2, 0.25) is 0 Å². The Morgan fingerprint density at radius 2 is 1.82 bits per heavy atom. The minimum Gasteiger partial charge on any atom is -0.484 e. The number of anilines is 1. The molecule has 8 heteroatoms. The molecular weight excluding hydrogens is 414 g/mol. The summed E-state index contributed by atoms with van der Waals surface area (Å²) in [6.45, 7) is 1.66. The number of hydrogen-bond donors (Lipinski definition) is 1. The van der Waals surface area contributed by atoms with Crippen LogP contribution in [0.25, 0.3) is 0 Å². The summed E-state index contributed by atoms with van der Waals surface area (Å²) >= 11 is 3.92. The highest BCUT2D eigenvalue weighted by Gasteiger charge is 2.16. The Hall–Kier alpha value is -1.64. The molecule has 0 saturated carbocycles. The number of carbonyl (C=O) groups is 1. The van der Waals surface area contributed by atoms with E-state index in [2.05, 4.69) is 5.32 Å². The van der Waals surface area contributed by atoms with Gasteiger partial charge in [0.05, 0.1) is 9.48 Å². The van der Waals surface area contributed by atoms with Crippen molar-refractivity contribution in [2.75, 3.05) is 29.7 Å². The van der Waals surface area contributed by atoms with E-state index >= 15 is 0 Å². The van der Waals surface area contributed by atoms with Gasteiger partial charge in [-0.2, -0.15) is 0 Å². The van der Waals surface area contributed by atoms with Crippen LogP contribution in [0.4, 0.5) is 5.69 Å². The van der Waals surface area contributed by atoms with Gasteiger partial charge in [0.2, 0.25) is 0 Å². The number of hydrogen-bond acceptors (Lipinski definition) is 6. The predicted molar refractivity (Wildman–Crippen MR) is 117 cm³/mol. The summed E-state index contributed by atoms with van der Waals surface area (Å²) in [5.41, 5.74) is 2.52. The zero-order chi connectivity index (χ0) is 20.1. The summed E-state index contributed by atoms with van der Waals surface area (Å²) in [5.74, 6) is 2.68. The molecule has 1 aliphatic heterocycles. The Kier molecular flexibility index (Phi) is 6.95. The van der Waals surface area contributed by atoms with Gasteiger partial charge in [-0.3, -0.25) is 4.79 Å². The maximum Gasteiger partial charge on any atom is 0.262 e. The number of benzene rings is 2. The van der Waals surface area contributed by atoms with Crippen LogP contribution in [-0.2, 0) is 14.6 Å².